The largest absolute Gasteiger partial charge is 0.508 e. The lowest BCUT2D eigenvalue weighted by molar-refractivity contribution is -0.121. The second kappa shape index (κ2) is 3.74. The first-order valence-electron chi connectivity index (χ1n) is 4.27. The third-order valence-corrected chi connectivity index (χ3v) is 2.11. The second-order valence-electron chi connectivity index (χ2n) is 3.44. The quantitative estimate of drug-likeness (QED) is 0.540. The van der Waals surface area contributed by atoms with Crippen molar-refractivity contribution in [1.29, 1.82) is 0 Å². The Balaban J connectivity index is 3.22. The Bertz CT molecular complexity index is 339. The highest BCUT2D eigenvalue weighted by molar-refractivity contribution is 6.16. The van der Waals surface area contributed by atoms with E-state index in [2.05, 4.69) is 0 Å². The molecule has 4 heteroatoms. The maximum absolute atomic E-state index is 13.2. The van der Waals surface area contributed by atoms with Crippen molar-refractivity contribution in [3.05, 3.63) is 23.0 Å². The Labute approximate surface area is 80.9 Å². The van der Waals surface area contributed by atoms with E-state index in [-0.39, 0.29) is 11.5 Å². The van der Waals surface area contributed by atoms with Crippen LogP contribution in [0.15, 0.2) is 23.0 Å². The first-order valence-corrected chi connectivity index (χ1v) is 4.27. The van der Waals surface area contributed by atoms with Gasteiger partial charge < -0.3 is 5.11 Å². The third-order valence-electron chi connectivity index (χ3n) is 2.11. The number of hydrogen-bond acceptors (Lipinski definition) is 3. The number of ketones is 1. The zero-order valence-corrected chi connectivity index (χ0v) is 7.95. The number of hydrogen-bond donors (Lipinski definition) is 1. The molecule has 1 N–H and O–H groups in total. The van der Waals surface area contributed by atoms with E-state index in [1.807, 2.05) is 0 Å². The van der Waals surface area contributed by atoms with E-state index in [9.17, 15) is 19.1 Å². The van der Waals surface area contributed by atoms with Gasteiger partial charge in [0.25, 0.3) is 0 Å². The second-order valence-corrected chi connectivity index (χ2v) is 3.44. The number of Topliss-reactive ketones (excluding diaryl/α,β-unsaturated/α-hetero) is 1. The van der Waals surface area contributed by atoms with Gasteiger partial charge in [0.1, 0.15) is 5.76 Å². The van der Waals surface area contributed by atoms with Crippen LogP contribution in [0.25, 0.3) is 0 Å². The number of carbonyl (C=O) groups excluding carboxylic acids is 2. The average Bonchev–Trinajstić information content (AvgIpc) is 2.14. The van der Waals surface area contributed by atoms with Crippen LogP contribution in [-0.4, -0.2) is 23.3 Å². The molecule has 0 saturated heterocycles. The molecule has 0 heterocycles. The third kappa shape index (κ3) is 1.60. The minimum Gasteiger partial charge on any atom is -0.508 e. The van der Waals surface area contributed by atoms with Gasteiger partial charge in [0.2, 0.25) is 12.0 Å². The van der Waals surface area contributed by atoms with Gasteiger partial charge in [-0.15, -0.1) is 0 Å². The van der Waals surface area contributed by atoms with Gasteiger partial charge in [-0.2, -0.15) is 0 Å². The summed E-state index contributed by atoms with van der Waals surface area (Å²) in [5.41, 5.74) is 0.0817. The number of carbonyl (C=O) groups is 2. The zero-order chi connectivity index (χ0) is 10.9. The lowest BCUT2D eigenvalue weighted by atomic mass is 9.90. The summed E-state index contributed by atoms with van der Waals surface area (Å²) in [6.07, 6.45) is -0.535. The molecule has 0 aromatic carbocycles. The van der Waals surface area contributed by atoms with E-state index in [4.69, 9.17) is 0 Å². The molecule has 0 amide bonds. The lowest BCUT2D eigenvalue weighted by Crippen LogP contribution is -2.26. The fraction of sp³-hybridized carbons (Fsp3) is 0.400. The highest BCUT2D eigenvalue weighted by atomic mass is 19.1. The fourth-order valence-corrected chi connectivity index (χ4v) is 1.28. The molecule has 14 heavy (non-hydrogen) atoms. The molecule has 1 rings (SSSR count). The number of aldehydes is 1. The zero-order valence-electron chi connectivity index (χ0n) is 7.95. The molecule has 0 saturated carbocycles. The van der Waals surface area contributed by atoms with Crippen molar-refractivity contribution in [2.75, 3.05) is 0 Å². The summed E-state index contributed by atoms with van der Waals surface area (Å²) in [5.74, 6) is -1.67. The highest BCUT2D eigenvalue weighted by Crippen LogP contribution is 2.26. The molecule has 1 aliphatic rings. The average molecular weight is 198 g/mol. The van der Waals surface area contributed by atoms with E-state index in [1.54, 1.807) is 13.8 Å². The van der Waals surface area contributed by atoms with Gasteiger partial charge in [0, 0.05) is 0 Å². The summed E-state index contributed by atoms with van der Waals surface area (Å²) in [4.78, 5) is 21.5. The van der Waals surface area contributed by atoms with E-state index in [1.165, 1.54) is 6.08 Å². The molecule has 0 bridgehead atoms. The van der Waals surface area contributed by atoms with Crippen molar-refractivity contribution < 1.29 is 19.1 Å². The van der Waals surface area contributed by atoms with Crippen LogP contribution < -0.4 is 0 Å². The summed E-state index contributed by atoms with van der Waals surface area (Å²) in [6.45, 7) is 3.49. The molecular formula is C10H11FO3. The maximum Gasteiger partial charge on any atom is 0.219 e. The highest BCUT2D eigenvalue weighted by Gasteiger charge is 2.32. The van der Waals surface area contributed by atoms with Crippen molar-refractivity contribution in [1.82, 2.24) is 0 Å². The van der Waals surface area contributed by atoms with Gasteiger partial charge in [0.15, 0.2) is 6.29 Å². The Morgan fingerprint density at radius 2 is 2.14 bits per heavy atom. The van der Waals surface area contributed by atoms with E-state index >= 15 is 0 Å². The Morgan fingerprint density at radius 1 is 1.57 bits per heavy atom. The van der Waals surface area contributed by atoms with Crippen LogP contribution >= 0.6 is 0 Å². The Kier molecular flexibility index (Phi) is 2.84. The van der Waals surface area contributed by atoms with Crippen LogP contribution in [0.5, 0.6) is 0 Å². The first-order chi connectivity index (χ1) is 6.49. The van der Waals surface area contributed by atoms with E-state index < -0.39 is 17.7 Å². The smallest absolute Gasteiger partial charge is 0.219 e. The van der Waals surface area contributed by atoms with Crippen LogP contribution in [0, 0.1) is 5.92 Å². The molecule has 0 radical (unpaired) electrons. The van der Waals surface area contributed by atoms with Crippen molar-refractivity contribution in [2.45, 2.75) is 20.0 Å². The molecule has 0 fully saturated rings. The Morgan fingerprint density at radius 3 is 2.57 bits per heavy atom. The van der Waals surface area contributed by atoms with Crippen LogP contribution in [0.2, 0.25) is 0 Å². The van der Waals surface area contributed by atoms with Crippen molar-refractivity contribution in [2.24, 2.45) is 5.92 Å². The fourth-order valence-electron chi connectivity index (χ4n) is 1.28. The van der Waals surface area contributed by atoms with Crippen LogP contribution in [0.1, 0.15) is 13.8 Å². The van der Waals surface area contributed by atoms with Gasteiger partial charge in [-0.25, -0.2) is 4.39 Å². The van der Waals surface area contributed by atoms with Crippen LogP contribution in [-0.2, 0) is 9.59 Å². The molecule has 0 aliphatic heterocycles. The number of halogens is 1. The Hall–Kier alpha value is -1.45. The standard InChI is InChI=1S/C10H11FO3/c1-5(2)7-3-6(4-12)9(13)8(11)10(7)14/h3-5,8,14H,1-2H3. The van der Waals surface area contributed by atoms with E-state index in [0.29, 0.717) is 11.9 Å². The number of allylic oxidation sites excluding steroid dienone is 4. The summed E-state index contributed by atoms with van der Waals surface area (Å²) >= 11 is 0. The SMILES string of the molecule is CC(C)C1=C(O)C(F)C(=O)C(C=O)=C1. The molecule has 1 atom stereocenters. The summed E-state index contributed by atoms with van der Waals surface area (Å²) in [6, 6.07) is 0. The molecule has 1 unspecified atom stereocenters. The molecule has 0 aromatic heterocycles. The number of rotatable bonds is 2. The first kappa shape index (κ1) is 10.6. The normalized spacial score (nSPS) is 22.7. The van der Waals surface area contributed by atoms with Crippen molar-refractivity contribution in [3.8, 4) is 0 Å². The summed E-state index contributed by atoms with van der Waals surface area (Å²) in [5, 5.41) is 9.31. The molecule has 76 valence electrons. The lowest BCUT2D eigenvalue weighted by Gasteiger charge is -2.18. The van der Waals surface area contributed by atoms with Crippen LogP contribution in [0.3, 0.4) is 0 Å². The predicted octanol–water partition coefficient (Wildman–Crippen LogP) is 1.50. The minimum atomic E-state index is -2.09. The number of aliphatic hydroxyl groups is 1. The minimum absolute atomic E-state index is 0.128. The van der Waals surface area contributed by atoms with Crippen molar-refractivity contribution in [3.63, 3.8) is 0 Å². The monoisotopic (exact) mass is 198 g/mol. The number of alkyl halides is 1. The van der Waals surface area contributed by atoms with Crippen molar-refractivity contribution >= 4 is 12.1 Å². The van der Waals surface area contributed by atoms with Gasteiger partial charge in [-0.3, -0.25) is 9.59 Å². The molecular weight excluding hydrogens is 187 g/mol. The molecule has 1 aliphatic carbocycles. The molecule has 0 spiro atoms. The van der Waals surface area contributed by atoms with Gasteiger partial charge >= 0.3 is 0 Å². The topological polar surface area (TPSA) is 54.4 Å². The van der Waals surface area contributed by atoms with Gasteiger partial charge in [-0.05, 0) is 17.6 Å². The predicted molar refractivity (Wildman–Crippen MR) is 48.5 cm³/mol. The van der Waals surface area contributed by atoms with Gasteiger partial charge in [-0.1, -0.05) is 13.8 Å². The number of aliphatic hydroxyl groups excluding tert-OH is 1. The maximum atomic E-state index is 13.2. The summed E-state index contributed by atoms with van der Waals surface area (Å²) < 4.78 is 13.2. The van der Waals surface area contributed by atoms with E-state index in [0.717, 1.165) is 0 Å². The summed E-state index contributed by atoms with van der Waals surface area (Å²) in [7, 11) is 0. The molecule has 0 aromatic rings. The van der Waals surface area contributed by atoms with Gasteiger partial charge in [0.05, 0.1) is 5.57 Å². The molecule has 3 nitrogen and oxygen atoms in total. The van der Waals surface area contributed by atoms with Crippen LogP contribution in [0.4, 0.5) is 4.39 Å².